The van der Waals surface area contributed by atoms with Gasteiger partial charge in [-0.3, -0.25) is 4.79 Å². The average molecular weight is 309 g/mol. The Hall–Kier alpha value is -2.41. The number of benzene rings is 1. The standard InChI is InChI=1S/C13H13ClN4O3/c1-20-12-16-10(17-13(18-12)21-2)7-15-11(19)8-5-3-4-6-9(8)14/h3-6H,7H2,1-2H3,(H,15,19). The Labute approximate surface area is 126 Å². The van der Waals surface area contributed by atoms with Crippen molar-refractivity contribution in [2.24, 2.45) is 0 Å². The molecule has 110 valence electrons. The highest BCUT2D eigenvalue weighted by molar-refractivity contribution is 6.33. The van der Waals surface area contributed by atoms with Gasteiger partial charge in [-0.25, -0.2) is 0 Å². The summed E-state index contributed by atoms with van der Waals surface area (Å²) in [5.41, 5.74) is 0.382. The summed E-state index contributed by atoms with van der Waals surface area (Å²) >= 11 is 5.95. The van der Waals surface area contributed by atoms with Crippen LogP contribution in [0.3, 0.4) is 0 Å². The van der Waals surface area contributed by atoms with Crippen LogP contribution >= 0.6 is 11.6 Å². The largest absolute Gasteiger partial charge is 0.467 e. The highest BCUT2D eigenvalue weighted by atomic mass is 35.5. The van der Waals surface area contributed by atoms with Gasteiger partial charge in [0, 0.05) is 0 Å². The minimum atomic E-state index is -0.320. The number of hydrogen-bond acceptors (Lipinski definition) is 6. The number of nitrogens with zero attached hydrogens (tertiary/aromatic N) is 3. The Morgan fingerprint density at radius 3 is 2.33 bits per heavy atom. The van der Waals surface area contributed by atoms with Crippen LogP contribution in [-0.2, 0) is 6.54 Å². The van der Waals surface area contributed by atoms with Crippen LogP contribution in [0.2, 0.25) is 5.02 Å². The van der Waals surface area contributed by atoms with Crippen molar-refractivity contribution in [3.8, 4) is 12.0 Å². The molecule has 0 spiro atoms. The van der Waals surface area contributed by atoms with Crippen LogP contribution in [0.5, 0.6) is 12.0 Å². The molecule has 7 nitrogen and oxygen atoms in total. The number of amides is 1. The Balaban J connectivity index is 2.09. The second kappa shape index (κ2) is 6.85. The topological polar surface area (TPSA) is 86.2 Å². The van der Waals surface area contributed by atoms with E-state index >= 15 is 0 Å². The van der Waals surface area contributed by atoms with Crippen LogP contribution in [-0.4, -0.2) is 35.1 Å². The zero-order valence-corrected chi connectivity index (χ0v) is 12.2. The smallest absolute Gasteiger partial charge is 0.322 e. The van der Waals surface area contributed by atoms with Gasteiger partial charge >= 0.3 is 12.0 Å². The van der Waals surface area contributed by atoms with Gasteiger partial charge in [0.25, 0.3) is 5.91 Å². The molecule has 1 heterocycles. The third kappa shape index (κ3) is 3.79. The van der Waals surface area contributed by atoms with Crippen molar-refractivity contribution in [3.63, 3.8) is 0 Å². The monoisotopic (exact) mass is 308 g/mol. The molecule has 1 aromatic carbocycles. The van der Waals surface area contributed by atoms with Gasteiger partial charge in [0.2, 0.25) is 0 Å². The maximum Gasteiger partial charge on any atom is 0.322 e. The summed E-state index contributed by atoms with van der Waals surface area (Å²) in [6, 6.07) is 6.99. The summed E-state index contributed by atoms with van der Waals surface area (Å²) in [6.45, 7) is 0.0965. The molecule has 8 heteroatoms. The molecule has 0 aliphatic rings. The highest BCUT2D eigenvalue weighted by Crippen LogP contribution is 2.15. The minimum Gasteiger partial charge on any atom is -0.467 e. The second-order valence-corrected chi connectivity index (χ2v) is 4.29. The lowest BCUT2D eigenvalue weighted by atomic mass is 10.2. The molecule has 0 aliphatic heterocycles. The molecular weight excluding hydrogens is 296 g/mol. The first kappa shape index (κ1) is 15.0. The van der Waals surface area contributed by atoms with Gasteiger partial charge in [0.15, 0.2) is 5.82 Å². The number of ether oxygens (including phenoxy) is 2. The number of aromatic nitrogens is 3. The molecule has 0 saturated carbocycles. The van der Waals surface area contributed by atoms with Gasteiger partial charge < -0.3 is 14.8 Å². The molecule has 0 saturated heterocycles. The molecule has 21 heavy (non-hydrogen) atoms. The van der Waals surface area contributed by atoms with Crippen LogP contribution in [0.25, 0.3) is 0 Å². The van der Waals surface area contributed by atoms with E-state index in [2.05, 4.69) is 20.3 Å². The van der Waals surface area contributed by atoms with Gasteiger partial charge in [0.05, 0.1) is 31.4 Å². The molecule has 1 aromatic heterocycles. The normalized spacial score (nSPS) is 10.0. The number of halogens is 1. The Bertz CT molecular complexity index is 629. The van der Waals surface area contributed by atoms with E-state index in [4.69, 9.17) is 21.1 Å². The number of rotatable bonds is 5. The van der Waals surface area contributed by atoms with Gasteiger partial charge in [-0.15, -0.1) is 4.98 Å². The fourth-order valence-electron chi connectivity index (χ4n) is 1.54. The maximum absolute atomic E-state index is 12.0. The molecular formula is C13H13ClN4O3. The molecule has 2 aromatic rings. The van der Waals surface area contributed by atoms with Crippen LogP contribution in [0.4, 0.5) is 0 Å². The number of hydrogen-bond donors (Lipinski definition) is 1. The molecule has 0 bridgehead atoms. The van der Waals surface area contributed by atoms with Crippen molar-refractivity contribution in [3.05, 3.63) is 40.7 Å². The van der Waals surface area contributed by atoms with Gasteiger partial charge in [0.1, 0.15) is 0 Å². The second-order valence-electron chi connectivity index (χ2n) is 3.89. The molecule has 1 amide bonds. The summed E-state index contributed by atoms with van der Waals surface area (Å²) in [5.74, 6) is -0.00181. The minimum absolute atomic E-state index is 0.0965. The predicted molar refractivity (Wildman–Crippen MR) is 75.6 cm³/mol. The maximum atomic E-state index is 12.0. The Kier molecular flexibility index (Phi) is 4.89. The summed E-state index contributed by atoms with van der Waals surface area (Å²) in [7, 11) is 2.86. The van der Waals surface area contributed by atoms with Crippen molar-refractivity contribution in [2.45, 2.75) is 6.54 Å². The zero-order valence-electron chi connectivity index (χ0n) is 11.5. The van der Waals surface area contributed by atoms with Crippen molar-refractivity contribution < 1.29 is 14.3 Å². The number of nitrogens with one attached hydrogen (secondary N) is 1. The van der Waals surface area contributed by atoms with E-state index in [0.717, 1.165) is 0 Å². The van der Waals surface area contributed by atoms with Crippen LogP contribution < -0.4 is 14.8 Å². The molecule has 0 radical (unpaired) electrons. The van der Waals surface area contributed by atoms with E-state index in [-0.39, 0.29) is 24.5 Å². The first-order valence-electron chi connectivity index (χ1n) is 5.99. The highest BCUT2D eigenvalue weighted by Gasteiger charge is 2.11. The fourth-order valence-corrected chi connectivity index (χ4v) is 1.76. The lowest BCUT2D eigenvalue weighted by molar-refractivity contribution is 0.0949. The van der Waals surface area contributed by atoms with Crippen LogP contribution in [0.15, 0.2) is 24.3 Å². The molecule has 2 rings (SSSR count). The van der Waals surface area contributed by atoms with E-state index in [1.165, 1.54) is 14.2 Å². The summed E-state index contributed by atoms with van der Waals surface area (Å²) in [6.07, 6.45) is 0. The average Bonchev–Trinajstić information content (AvgIpc) is 2.52. The number of carbonyl (C=O) groups is 1. The van der Waals surface area contributed by atoms with Crippen LogP contribution in [0, 0.1) is 0 Å². The van der Waals surface area contributed by atoms with Crippen molar-refractivity contribution >= 4 is 17.5 Å². The summed E-state index contributed by atoms with van der Waals surface area (Å²) < 4.78 is 9.86. The molecule has 0 fully saturated rings. The van der Waals surface area contributed by atoms with Crippen molar-refractivity contribution in [1.29, 1.82) is 0 Å². The zero-order chi connectivity index (χ0) is 15.2. The molecule has 0 atom stereocenters. The van der Waals surface area contributed by atoms with Crippen molar-refractivity contribution in [2.75, 3.05) is 14.2 Å². The van der Waals surface area contributed by atoms with E-state index in [9.17, 15) is 4.79 Å². The third-order valence-electron chi connectivity index (χ3n) is 2.53. The number of methoxy groups -OCH3 is 2. The molecule has 1 N–H and O–H groups in total. The van der Waals surface area contributed by atoms with E-state index in [1.807, 2.05) is 0 Å². The van der Waals surface area contributed by atoms with Gasteiger partial charge in [-0.1, -0.05) is 23.7 Å². The van der Waals surface area contributed by atoms with Crippen molar-refractivity contribution in [1.82, 2.24) is 20.3 Å². The fraction of sp³-hybridized carbons (Fsp3) is 0.231. The Morgan fingerprint density at radius 2 is 1.76 bits per heavy atom. The van der Waals surface area contributed by atoms with E-state index in [1.54, 1.807) is 24.3 Å². The Morgan fingerprint density at radius 1 is 1.14 bits per heavy atom. The van der Waals surface area contributed by atoms with E-state index in [0.29, 0.717) is 16.4 Å². The molecule has 0 aliphatic carbocycles. The lowest BCUT2D eigenvalue weighted by Gasteiger charge is -2.07. The van der Waals surface area contributed by atoms with Crippen LogP contribution in [0.1, 0.15) is 16.2 Å². The molecule has 0 unspecified atom stereocenters. The van der Waals surface area contributed by atoms with Gasteiger partial charge in [-0.05, 0) is 12.1 Å². The number of carbonyl (C=O) groups excluding carboxylic acids is 1. The SMILES string of the molecule is COc1nc(CNC(=O)c2ccccc2Cl)nc(OC)n1. The summed E-state index contributed by atoms with van der Waals surface area (Å²) in [5, 5.41) is 3.05. The predicted octanol–water partition coefficient (Wildman–Crippen LogP) is 1.47. The lowest BCUT2D eigenvalue weighted by Crippen LogP contribution is -2.24. The quantitative estimate of drug-likeness (QED) is 0.900. The van der Waals surface area contributed by atoms with E-state index < -0.39 is 0 Å². The third-order valence-corrected chi connectivity index (χ3v) is 2.86. The first-order chi connectivity index (χ1) is 10.1. The summed E-state index contributed by atoms with van der Waals surface area (Å²) in [4.78, 5) is 23.9. The first-order valence-corrected chi connectivity index (χ1v) is 6.37. The van der Waals surface area contributed by atoms with Gasteiger partial charge in [-0.2, -0.15) is 9.97 Å².